The van der Waals surface area contributed by atoms with E-state index in [4.69, 9.17) is 4.74 Å². The summed E-state index contributed by atoms with van der Waals surface area (Å²) in [5, 5.41) is 0. The van der Waals surface area contributed by atoms with E-state index >= 15 is 0 Å². The number of methoxy groups -OCH3 is 1. The quantitative estimate of drug-likeness (QED) is 0.606. The molecule has 1 fully saturated rings. The van der Waals surface area contributed by atoms with Gasteiger partial charge in [0.25, 0.3) is 5.91 Å². The molecule has 2 heterocycles. The van der Waals surface area contributed by atoms with Crippen LogP contribution in [0.4, 0.5) is 0 Å². The number of rotatable bonds is 6. The number of benzene rings is 2. The fourth-order valence-electron chi connectivity index (χ4n) is 4.50. The van der Waals surface area contributed by atoms with Gasteiger partial charge in [-0.25, -0.2) is 4.98 Å². The van der Waals surface area contributed by atoms with E-state index in [9.17, 15) is 4.79 Å². The van der Waals surface area contributed by atoms with Crippen molar-refractivity contribution >= 4 is 16.9 Å². The summed E-state index contributed by atoms with van der Waals surface area (Å²) in [6.07, 6.45) is 1.01. The second-order valence-electron chi connectivity index (χ2n) is 8.72. The van der Waals surface area contributed by atoms with Crippen LogP contribution in [0.2, 0.25) is 0 Å². The van der Waals surface area contributed by atoms with E-state index in [1.54, 1.807) is 7.11 Å². The van der Waals surface area contributed by atoms with Crippen LogP contribution in [0, 0.1) is 6.92 Å². The Morgan fingerprint density at radius 3 is 2.74 bits per heavy atom. The van der Waals surface area contributed by atoms with Crippen LogP contribution in [-0.2, 0) is 6.54 Å². The standard InChI is InChI=1S/C25H32N4O2/c1-17(2)28-13-12-20(16-28)27(4)25(30)21-11-10-19(14-24(21)31-5)15-29-18(3)26-22-8-6-7-9-23(22)29/h6-11,14,17,20H,12-13,15-16H2,1-5H3. The maximum absolute atomic E-state index is 13.3. The number of likely N-dealkylation sites (tertiary alicyclic amines) is 1. The Labute approximate surface area is 184 Å². The highest BCUT2D eigenvalue weighted by atomic mass is 16.5. The molecule has 1 unspecified atom stereocenters. The highest BCUT2D eigenvalue weighted by Gasteiger charge is 2.30. The van der Waals surface area contributed by atoms with Crippen molar-refractivity contribution < 1.29 is 9.53 Å². The molecule has 1 aliphatic rings. The fourth-order valence-corrected chi connectivity index (χ4v) is 4.50. The molecule has 0 spiro atoms. The van der Waals surface area contributed by atoms with Gasteiger partial charge >= 0.3 is 0 Å². The van der Waals surface area contributed by atoms with E-state index in [0.717, 1.165) is 41.9 Å². The van der Waals surface area contributed by atoms with Gasteiger partial charge < -0.3 is 14.2 Å². The summed E-state index contributed by atoms with van der Waals surface area (Å²) in [6.45, 7) is 9.07. The third-order valence-electron chi connectivity index (χ3n) is 6.48. The molecular weight excluding hydrogens is 388 g/mol. The van der Waals surface area contributed by atoms with Crippen LogP contribution in [0.5, 0.6) is 5.75 Å². The third kappa shape index (κ3) is 4.17. The zero-order valence-corrected chi connectivity index (χ0v) is 19.1. The Bertz CT molecular complexity index is 1090. The minimum atomic E-state index is 0.0169. The van der Waals surface area contributed by atoms with E-state index < -0.39 is 0 Å². The molecule has 4 rings (SSSR count). The minimum absolute atomic E-state index is 0.0169. The molecule has 6 nitrogen and oxygen atoms in total. The number of likely N-dealkylation sites (N-methyl/N-ethyl adjacent to an activating group) is 1. The zero-order valence-electron chi connectivity index (χ0n) is 19.1. The number of carbonyl (C=O) groups is 1. The van der Waals surface area contributed by atoms with Gasteiger partial charge in [-0.3, -0.25) is 9.69 Å². The summed E-state index contributed by atoms with van der Waals surface area (Å²) in [5.41, 5.74) is 3.79. The van der Waals surface area contributed by atoms with Crippen molar-refractivity contribution in [2.24, 2.45) is 0 Å². The first kappa shape index (κ1) is 21.4. The van der Waals surface area contributed by atoms with Crippen LogP contribution < -0.4 is 4.74 Å². The first-order valence-electron chi connectivity index (χ1n) is 11.0. The van der Waals surface area contributed by atoms with Gasteiger partial charge in [-0.2, -0.15) is 0 Å². The Morgan fingerprint density at radius 1 is 1.26 bits per heavy atom. The largest absolute Gasteiger partial charge is 0.496 e. The van der Waals surface area contributed by atoms with Crippen LogP contribution in [0.25, 0.3) is 11.0 Å². The summed E-state index contributed by atoms with van der Waals surface area (Å²) in [5.74, 6) is 1.61. The minimum Gasteiger partial charge on any atom is -0.496 e. The van der Waals surface area contributed by atoms with Gasteiger partial charge in [-0.15, -0.1) is 0 Å². The van der Waals surface area contributed by atoms with Crippen LogP contribution >= 0.6 is 0 Å². The predicted molar refractivity (Wildman–Crippen MR) is 124 cm³/mol. The number of ether oxygens (including phenoxy) is 1. The summed E-state index contributed by atoms with van der Waals surface area (Å²) in [6, 6.07) is 14.8. The lowest BCUT2D eigenvalue weighted by Crippen LogP contribution is -2.40. The van der Waals surface area contributed by atoms with E-state index in [1.807, 2.05) is 55.3 Å². The number of imidazole rings is 1. The predicted octanol–water partition coefficient (Wildman–Crippen LogP) is 3.96. The molecule has 164 valence electrons. The van der Waals surface area contributed by atoms with Gasteiger partial charge in [0.15, 0.2) is 0 Å². The number of aryl methyl sites for hydroxylation is 1. The SMILES string of the molecule is COc1cc(Cn2c(C)nc3ccccc32)ccc1C(=O)N(C)C1CCN(C(C)C)C1. The number of para-hydroxylation sites is 2. The third-order valence-corrected chi connectivity index (χ3v) is 6.48. The Morgan fingerprint density at radius 2 is 2.03 bits per heavy atom. The van der Waals surface area contributed by atoms with E-state index in [0.29, 0.717) is 23.9 Å². The van der Waals surface area contributed by atoms with Crippen molar-refractivity contribution in [3.8, 4) is 5.75 Å². The molecule has 1 saturated heterocycles. The Kier molecular flexibility index (Phi) is 6.01. The number of fused-ring (bicyclic) bond motifs is 1. The second kappa shape index (κ2) is 8.71. The molecular formula is C25H32N4O2. The number of hydrogen-bond acceptors (Lipinski definition) is 4. The lowest BCUT2D eigenvalue weighted by atomic mass is 10.1. The van der Waals surface area contributed by atoms with Crippen molar-refractivity contribution in [2.45, 2.75) is 45.8 Å². The van der Waals surface area contributed by atoms with Crippen molar-refractivity contribution in [3.05, 3.63) is 59.4 Å². The summed E-state index contributed by atoms with van der Waals surface area (Å²) in [7, 11) is 3.54. The average Bonchev–Trinajstić information content (AvgIpc) is 3.38. The first-order chi connectivity index (χ1) is 14.9. The second-order valence-corrected chi connectivity index (χ2v) is 8.72. The van der Waals surface area contributed by atoms with Crippen LogP contribution in [-0.4, -0.2) is 64.6 Å². The normalized spacial score (nSPS) is 16.9. The molecule has 0 bridgehead atoms. The van der Waals surface area contributed by atoms with Crippen molar-refractivity contribution in [2.75, 3.05) is 27.2 Å². The van der Waals surface area contributed by atoms with Crippen molar-refractivity contribution in [1.29, 1.82) is 0 Å². The molecule has 0 saturated carbocycles. The van der Waals surface area contributed by atoms with Gasteiger partial charge in [-0.05, 0) is 57.0 Å². The summed E-state index contributed by atoms with van der Waals surface area (Å²) >= 11 is 0. The van der Waals surface area contributed by atoms with E-state index in [1.165, 1.54) is 0 Å². The molecule has 3 aromatic rings. The number of carbonyl (C=O) groups excluding carboxylic acids is 1. The molecule has 0 radical (unpaired) electrons. The Hall–Kier alpha value is -2.86. The lowest BCUT2D eigenvalue weighted by molar-refractivity contribution is 0.0728. The zero-order chi connectivity index (χ0) is 22.1. The van der Waals surface area contributed by atoms with Crippen molar-refractivity contribution in [3.63, 3.8) is 0 Å². The first-order valence-corrected chi connectivity index (χ1v) is 11.0. The number of hydrogen-bond donors (Lipinski definition) is 0. The number of amides is 1. The smallest absolute Gasteiger partial charge is 0.257 e. The van der Waals surface area contributed by atoms with Gasteiger partial charge in [0.05, 0.1) is 23.7 Å². The van der Waals surface area contributed by atoms with Gasteiger partial charge in [0.2, 0.25) is 0 Å². The fraction of sp³-hybridized carbons (Fsp3) is 0.440. The highest BCUT2D eigenvalue weighted by Crippen LogP contribution is 2.26. The molecule has 1 amide bonds. The van der Waals surface area contributed by atoms with Crippen LogP contribution in [0.15, 0.2) is 42.5 Å². The molecule has 31 heavy (non-hydrogen) atoms. The maximum atomic E-state index is 13.3. The van der Waals surface area contributed by atoms with Crippen LogP contribution in [0.1, 0.15) is 42.0 Å². The van der Waals surface area contributed by atoms with Gasteiger partial charge in [0, 0.05) is 38.8 Å². The highest BCUT2D eigenvalue weighted by molar-refractivity contribution is 5.97. The average molecular weight is 421 g/mol. The summed E-state index contributed by atoms with van der Waals surface area (Å²) < 4.78 is 7.82. The molecule has 0 N–H and O–H groups in total. The molecule has 2 aromatic carbocycles. The van der Waals surface area contributed by atoms with Crippen molar-refractivity contribution in [1.82, 2.24) is 19.4 Å². The molecule has 6 heteroatoms. The Balaban J connectivity index is 1.55. The molecule has 1 aromatic heterocycles. The molecule has 1 aliphatic heterocycles. The summed E-state index contributed by atoms with van der Waals surface area (Å²) in [4.78, 5) is 22.2. The van der Waals surface area contributed by atoms with Gasteiger partial charge in [0.1, 0.15) is 11.6 Å². The number of nitrogens with zero attached hydrogens (tertiary/aromatic N) is 4. The molecule has 0 aliphatic carbocycles. The van der Waals surface area contributed by atoms with Gasteiger partial charge in [-0.1, -0.05) is 18.2 Å². The molecule has 1 atom stereocenters. The topological polar surface area (TPSA) is 50.6 Å². The van der Waals surface area contributed by atoms with E-state index in [2.05, 4.69) is 34.4 Å². The maximum Gasteiger partial charge on any atom is 0.257 e. The number of aromatic nitrogens is 2. The lowest BCUT2D eigenvalue weighted by Gasteiger charge is -2.27. The van der Waals surface area contributed by atoms with Crippen LogP contribution in [0.3, 0.4) is 0 Å². The monoisotopic (exact) mass is 420 g/mol. The van der Waals surface area contributed by atoms with E-state index in [-0.39, 0.29) is 11.9 Å².